The number of aromatic nitrogens is 4. The zero-order valence-corrected chi connectivity index (χ0v) is 8.33. The third-order valence-electron chi connectivity index (χ3n) is 2.27. The Morgan fingerprint density at radius 2 is 1.81 bits per heavy atom. The number of para-hydroxylation sites is 1. The fourth-order valence-corrected chi connectivity index (χ4v) is 1.51. The number of fused-ring (bicyclic) bond motifs is 1. The second kappa shape index (κ2) is 3.66. The molecule has 0 bridgehead atoms. The first-order valence-electron chi connectivity index (χ1n) is 4.83. The van der Waals surface area contributed by atoms with Gasteiger partial charge < -0.3 is 0 Å². The predicted octanol–water partition coefficient (Wildman–Crippen LogP) is 1.89. The first-order chi connectivity index (χ1) is 7.93. The Balaban J connectivity index is 2.19. The molecule has 1 radical (unpaired) electrons. The van der Waals surface area contributed by atoms with Crippen molar-refractivity contribution >= 4 is 10.9 Å². The minimum Gasteiger partial charge on any atom is -0.245 e. The van der Waals surface area contributed by atoms with Gasteiger partial charge in [0.25, 0.3) is 0 Å². The maximum absolute atomic E-state index is 4.23. The summed E-state index contributed by atoms with van der Waals surface area (Å²) in [6.45, 7) is 0. The van der Waals surface area contributed by atoms with E-state index in [0.29, 0.717) is 5.82 Å². The number of nitrogens with zero attached hydrogens (tertiary/aromatic N) is 4. The fraction of sp³-hybridized carbons (Fsp3) is 0. The molecule has 0 aliphatic carbocycles. The number of benzene rings is 1. The first kappa shape index (κ1) is 8.91. The molecule has 0 N–H and O–H groups in total. The standard InChI is InChI=1S/C12H7N4/c1-2-4-11-9(3-1)5-10(6-14-11)12-15-7-13-8-16-12/h1-5,7-8H. The van der Waals surface area contributed by atoms with Crippen molar-refractivity contribution in [3.63, 3.8) is 0 Å². The van der Waals surface area contributed by atoms with E-state index >= 15 is 0 Å². The van der Waals surface area contributed by atoms with Gasteiger partial charge in [-0.05, 0) is 12.1 Å². The highest BCUT2D eigenvalue weighted by molar-refractivity contribution is 5.81. The highest BCUT2D eigenvalue weighted by Gasteiger charge is 2.02. The van der Waals surface area contributed by atoms with Crippen molar-refractivity contribution in [3.05, 3.63) is 49.2 Å². The molecule has 0 fully saturated rings. The zero-order chi connectivity index (χ0) is 10.8. The van der Waals surface area contributed by atoms with Crippen LogP contribution < -0.4 is 0 Å². The van der Waals surface area contributed by atoms with Crippen molar-refractivity contribution < 1.29 is 0 Å². The maximum atomic E-state index is 4.23. The fourth-order valence-electron chi connectivity index (χ4n) is 1.51. The van der Waals surface area contributed by atoms with Crippen LogP contribution in [0.2, 0.25) is 0 Å². The number of pyridine rings is 1. The summed E-state index contributed by atoms with van der Waals surface area (Å²) in [5.41, 5.74) is 1.70. The molecule has 4 heteroatoms. The van der Waals surface area contributed by atoms with Crippen LogP contribution in [0.4, 0.5) is 0 Å². The van der Waals surface area contributed by atoms with E-state index in [1.807, 2.05) is 30.3 Å². The van der Waals surface area contributed by atoms with E-state index in [2.05, 4.69) is 26.1 Å². The van der Waals surface area contributed by atoms with Gasteiger partial charge in [-0.15, -0.1) is 0 Å². The van der Waals surface area contributed by atoms with Crippen LogP contribution in [0.1, 0.15) is 0 Å². The van der Waals surface area contributed by atoms with Crippen LogP contribution in [0.3, 0.4) is 0 Å². The highest BCUT2D eigenvalue weighted by Crippen LogP contribution is 2.17. The molecule has 4 nitrogen and oxygen atoms in total. The molecule has 2 aromatic heterocycles. The van der Waals surface area contributed by atoms with E-state index in [1.165, 1.54) is 12.7 Å². The van der Waals surface area contributed by atoms with Gasteiger partial charge in [-0.3, -0.25) is 0 Å². The van der Waals surface area contributed by atoms with Crippen LogP contribution in [0.15, 0.2) is 43.0 Å². The Morgan fingerprint density at radius 1 is 1.00 bits per heavy atom. The van der Waals surface area contributed by atoms with E-state index in [0.717, 1.165) is 16.5 Å². The quantitative estimate of drug-likeness (QED) is 0.611. The van der Waals surface area contributed by atoms with Gasteiger partial charge in [0, 0.05) is 10.9 Å². The molecular weight excluding hydrogens is 200 g/mol. The smallest absolute Gasteiger partial charge is 0.164 e. The summed E-state index contributed by atoms with van der Waals surface area (Å²) in [5, 5.41) is 1.05. The monoisotopic (exact) mass is 207 g/mol. The molecule has 0 aliphatic rings. The topological polar surface area (TPSA) is 51.6 Å². The number of rotatable bonds is 1. The van der Waals surface area contributed by atoms with Gasteiger partial charge in [-0.1, -0.05) is 18.2 Å². The Kier molecular flexibility index (Phi) is 2.04. The lowest BCUT2D eigenvalue weighted by Gasteiger charge is -1.99. The minimum atomic E-state index is 0.591. The van der Waals surface area contributed by atoms with Crippen LogP contribution in [0.5, 0.6) is 0 Å². The molecule has 3 rings (SSSR count). The van der Waals surface area contributed by atoms with Gasteiger partial charge in [0.05, 0.1) is 5.52 Å². The minimum absolute atomic E-state index is 0.591. The van der Waals surface area contributed by atoms with Gasteiger partial charge in [0.15, 0.2) is 5.82 Å². The van der Waals surface area contributed by atoms with Gasteiger partial charge in [-0.2, -0.15) is 0 Å². The Morgan fingerprint density at radius 3 is 2.69 bits per heavy atom. The molecule has 16 heavy (non-hydrogen) atoms. The van der Waals surface area contributed by atoms with Gasteiger partial charge in [0.2, 0.25) is 0 Å². The lowest BCUT2D eigenvalue weighted by atomic mass is 10.1. The van der Waals surface area contributed by atoms with Crippen molar-refractivity contribution in [2.75, 3.05) is 0 Å². The van der Waals surface area contributed by atoms with Crippen molar-refractivity contribution in [1.82, 2.24) is 19.9 Å². The van der Waals surface area contributed by atoms with E-state index in [4.69, 9.17) is 0 Å². The normalized spacial score (nSPS) is 10.5. The third-order valence-corrected chi connectivity index (χ3v) is 2.27. The van der Waals surface area contributed by atoms with Gasteiger partial charge in [-0.25, -0.2) is 19.9 Å². The Bertz CT molecular complexity index is 622. The van der Waals surface area contributed by atoms with E-state index < -0.39 is 0 Å². The summed E-state index contributed by atoms with van der Waals surface area (Å²) in [7, 11) is 0. The largest absolute Gasteiger partial charge is 0.245 e. The summed E-state index contributed by atoms with van der Waals surface area (Å²) < 4.78 is 0. The lowest BCUT2D eigenvalue weighted by molar-refractivity contribution is 1.05. The van der Waals surface area contributed by atoms with Crippen molar-refractivity contribution in [3.8, 4) is 11.4 Å². The zero-order valence-electron chi connectivity index (χ0n) is 8.33. The second-order valence-corrected chi connectivity index (χ2v) is 3.30. The SMILES string of the molecule is [c]1nc2ccccc2cc1-c1ncncn1. The molecule has 3 aromatic rings. The average molecular weight is 207 g/mol. The molecule has 0 atom stereocenters. The van der Waals surface area contributed by atoms with E-state index in [1.54, 1.807) is 0 Å². The summed E-state index contributed by atoms with van der Waals surface area (Å²) >= 11 is 0. The van der Waals surface area contributed by atoms with Gasteiger partial charge in [0.1, 0.15) is 18.9 Å². The molecular formula is C12H7N4. The van der Waals surface area contributed by atoms with Crippen LogP contribution >= 0.6 is 0 Å². The van der Waals surface area contributed by atoms with E-state index in [9.17, 15) is 0 Å². The number of hydrogen-bond donors (Lipinski definition) is 0. The van der Waals surface area contributed by atoms with Crippen molar-refractivity contribution in [1.29, 1.82) is 0 Å². The molecule has 0 saturated heterocycles. The average Bonchev–Trinajstić information content (AvgIpc) is 2.39. The van der Waals surface area contributed by atoms with Crippen LogP contribution in [0, 0.1) is 6.20 Å². The summed E-state index contributed by atoms with van der Waals surface area (Å²) in [6.07, 6.45) is 5.85. The van der Waals surface area contributed by atoms with Gasteiger partial charge >= 0.3 is 0 Å². The summed E-state index contributed by atoms with van der Waals surface area (Å²) in [4.78, 5) is 16.1. The Labute approximate surface area is 92.0 Å². The van der Waals surface area contributed by atoms with Crippen molar-refractivity contribution in [2.24, 2.45) is 0 Å². The Hall–Kier alpha value is -2.36. The van der Waals surface area contributed by atoms with E-state index in [-0.39, 0.29) is 0 Å². The molecule has 2 heterocycles. The molecule has 1 aromatic carbocycles. The highest BCUT2D eigenvalue weighted by atomic mass is 15.0. The molecule has 0 saturated carbocycles. The summed E-state index contributed by atoms with van der Waals surface area (Å²) in [5.74, 6) is 0.591. The molecule has 0 spiro atoms. The molecule has 0 amide bonds. The second-order valence-electron chi connectivity index (χ2n) is 3.30. The summed E-state index contributed by atoms with van der Waals surface area (Å²) in [6, 6.07) is 9.84. The van der Waals surface area contributed by atoms with Crippen LogP contribution in [-0.4, -0.2) is 19.9 Å². The first-order valence-corrected chi connectivity index (χ1v) is 4.83. The van der Waals surface area contributed by atoms with Crippen LogP contribution in [-0.2, 0) is 0 Å². The number of hydrogen-bond acceptors (Lipinski definition) is 4. The maximum Gasteiger partial charge on any atom is 0.164 e. The molecule has 75 valence electrons. The van der Waals surface area contributed by atoms with Crippen molar-refractivity contribution in [2.45, 2.75) is 0 Å². The predicted molar refractivity (Wildman–Crippen MR) is 59.4 cm³/mol. The van der Waals surface area contributed by atoms with Crippen LogP contribution in [0.25, 0.3) is 22.3 Å². The molecule has 0 unspecified atom stereocenters. The molecule has 0 aliphatic heterocycles. The third kappa shape index (κ3) is 1.50. The lowest BCUT2D eigenvalue weighted by Crippen LogP contribution is -1.90.